The molecule has 0 spiro atoms. The topological polar surface area (TPSA) is 48.1 Å². The highest BCUT2D eigenvalue weighted by Crippen LogP contribution is 2.26. The molecule has 29 heavy (non-hydrogen) atoms. The second-order valence-corrected chi connectivity index (χ2v) is 8.41. The predicted molar refractivity (Wildman–Crippen MR) is 125 cm³/mol. The van der Waals surface area contributed by atoms with Crippen LogP contribution in [0.15, 0.2) is 53.3 Å². The lowest BCUT2D eigenvalue weighted by molar-refractivity contribution is 0.311. The van der Waals surface area contributed by atoms with E-state index in [2.05, 4.69) is 34.3 Å². The van der Waals surface area contributed by atoms with Crippen LogP contribution in [-0.2, 0) is 6.54 Å². The Morgan fingerprint density at radius 2 is 1.86 bits per heavy atom. The molecule has 3 aromatic rings. The van der Waals surface area contributed by atoms with Gasteiger partial charge in [0.05, 0.1) is 12.1 Å². The number of thiocarbonyl (C=S) groups is 1. The van der Waals surface area contributed by atoms with Crippen molar-refractivity contribution in [3.05, 3.63) is 75.6 Å². The lowest BCUT2D eigenvalue weighted by Gasteiger charge is -2.31. The quantitative estimate of drug-likeness (QED) is 0.579. The Labute approximate surface area is 176 Å². The zero-order chi connectivity index (χ0) is 20.4. The molecular weight excluding hydrogens is 378 g/mol. The third-order valence-corrected chi connectivity index (χ3v) is 6.17. The van der Waals surface area contributed by atoms with Gasteiger partial charge in [0.15, 0.2) is 5.11 Å². The van der Waals surface area contributed by atoms with Gasteiger partial charge in [0.1, 0.15) is 0 Å². The van der Waals surface area contributed by atoms with E-state index in [1.807, 2.05) is 43.3 Å². The fourth-order valence-corrected chi connectivity index (χ4v) is 4.48. The van der Waals surface area contributed by atoms with Gasteiger partial charge in [-0.2, -0.15) is 0 Å². The maximum absolute atomic E-state index is 12.8. The maximum atomic E-state index is 12.8. The van der Waals surface area contributed by atoms with Gasteiger partial charge >= 0.3 is 0 Å². The summed E-state index contributed by atoms with van der Waals surface area (Å²) in [7, 11) is 0. The zero-order valence-electron chi connectivity index (χ0n) is 17.0. The number of nitrogens with zero attached hydrogens (tertiary/aromatic N) is 1. The molecule has 5 heteroatoms. The van der Waals surface area contributed by atoms with Gasteiger partial charge in [-0.25, -0.2) is 0 Å². The van der Waals surface area contributed by atoms with Crippen molar-refractivity contribution in [2.24, 2.45) is 0 Å². The van der Waals surface area contributed by atoms with Crippen LogP contribution in [-0.4, -0.2) is 21.0 Å². The molecule has 4 rings (SSSR count). The van der Waals surface area contributed by atoms with Crippen LogP contribution >= 0.6 is 12.2 Å². The van der Waals surface area contributed by atoms with Crippen molar-refractivity contribution >= 4 is 33.9 Å². The van der Waals surface area contributed by atoms with Crippen LogP contribution in [0.3, 0.4) is 0 Å². The highest BCUT2D eigenvalue weighted by Gasteiger charge is 2.25. The Bertz CT molecular complexity index is 1080. The van der Waals surface area contributed by atoms with Crippen molar-refractivity contribution in [1.82, 2.24) is 9.88 Å². The Morgan fingerprint density at radius 3 is 2.59 bits per heavy atom. The summed E-state index contributed by atoms with van der Waals surface area (Å²) in [5.41, 5.74) is 4.90. The van der Waals surface area contributed by atoms with Gasteiger partial charge in [-0.1, -0.05) is 48.7 Å². The van der Waals surface area contributed by atoms with Crippen molar-refractivity contribution in [3.63, 3.8) is 0 Å². The largest absolute Gasteiger partial charge is 0.342 e. The van der Waals surface area contributed by atoms with Gasteiger partial charge in [-0.05, 0) is 68.1 Å². The van der Waals surface area contributed by atoms with Crippen LogP contribution < -0.4 is 10.9 Å². The molecule has 1 aliphatic carbocycles. The molecule has 1 aromatic heterocycles. The van der Waals surface area contributed by atoms with E-state index in [1.165, 1.54) is 18.4 Å². The van der Waals surface area contributed by atoms with Gasteiger partial charge in [-0.15, -0.1) is 0 Å². The molecule has 0 saturated heterocycles. The average molecular weight is 406 g/mol. The first kappa shape index (κ1) is 19.6. The fraction of sp³-hybridized carbons (Fsp3) is 0.333. The fourth-order valence-electron chi connectivity index (χ4n) is 4.14. The monoisotopic (exact) mass is 405 g/mol. The van der Waals surface area contributed by atoms with Gasteiger partial charge in [0, 0.05) is 17.3 Å². The SMILES string of the molecule is Cc1ccc(NC(=S)N(Cc2cc3cccc(C)c3[nH]c2=O)C2CCCC2)cc1. The second-order valence-electron chi connectivity index (χ2n) is 8.03. The van der Waals surface area contributed by atoms with Crippen molar-refractivity contribution < 1.29 is 0 Å². The van der Waals surface area contributed by atoms with Gasteiger partial charge in [0.25, 0.3) is 5.56 Å². The molecule has 150 valence electrons. The molecule has 0 atom stereocenters. The molecule has 0 aliphatic heterocycles. The third kappa shape index (κ3) is 4.35. The van der Waals surface area contributed by atoms with E-state index in [4.69, 9.17) is 12.2 Å². The minimum absolute atomic E-state index is 0.0343. The minimum Gasteiger partial charge on any atom is -0.342 e. The van der Waals surface area contributed by atoms with Crippen molar-refractivity contribution in [1.29, 1.82) is 0 Å². The first-order valence-electron chi connectivity index (χ1n) is 10.3. The summed E-state index contributed by atoms with van der Waals surface area (Å²) in [6.45, 7) is 4.60. The Hall–Kier alpha value is -2.66. The molecule has 2 aromatic carbocycles. The van der Waals surface area contributed by atoms with Crippen LogP contribution in [0.5, 0.6) is 0 Å². The van der Waals surface area contributed by atoms with Crippen LogP contribution in [0.2, 0.25) is 0 Å². The van der Waals surface area contributed by atoms with E-state index in [9.17, 15) is 4.79 Å². The summed E-state index contributed by atoms with van der Waals surface area (Å²) in [6, 6.07) is 16.7. The lowest BCUT2D eigenvalue weighted by atomic mass is 10.1. The van der Waals surface area contributed by atoms with E-state index in [0.29, 0.717) is 17.7 Å². The first-order valence-corrected chi connectivity index (χ1v) is 10.7. The molecule has 0 amide bonds. The number of fused-ring (bicyclic) bond motifs is 1. The molecular formula is C24H27N3OS. The maximum Gasteiger partial charge on any atom is 0.253 e. The summed E-state index contributed by atoms with van der Waals surface area (Å²) in [4.78, 5) is 18.1. The Kier molecular flexibility index (Phi) is 5.67. The summed E-state index contributed by atoms with van der Waals surface area (Å²) in [5.74, 6) is 0. The Balaban J connectivity index is 1.63. The van der Waals surface area contributed by atoms with Gasteiger partial charge in [0.2, 0.25) is 0 Å². The predicted octanol–water partition coefficient (Wildman–Crippen LogP) is 5.29. The summed E-state index contributed by atoms with van der Waals surface area (Å²) >= 11 is 5.79. The minimum atomic E-state index is -0.0343. The smallest absolute Gasteiger partial charge is 0.253 e. The van der Waals surface area contributed by atoms with Crippen molar-refractivity contribution in [2.75, 3.05) is 5.32 Å². The van der Waals surface area contributed by atoms with E-state index >= 15 is 0 Å². The summed E-state index contributed by atoms with van der Waals surface area (Å²) < 4.78 is 0. The van der Waals surface area contributed by atoms with Crippen molar-refractivity contribution in [2.45, 2.75) is 52.1 Å². The number of pyridine rings is 1. The molecule has 1 aliphatic rings. The molecule has 0 bridgehead atoms. The molecule has 1 heterocycles. The summed E-state index contributed by atoms with van der Waals surface area (Å²) in [6.07, 6.45) is 4.64. The van der Waals surface area contributed by atoms with Gasteiger partial charge in [-0.3, -0.25) is 4.79 Å². The van der Waals surface area contributed by atoms with Crippen LogP contribution in [0.1, 0.15) is 42.4 Å². The standard InChI is InChI=1S/C24H27N3OS/c1-16-10-12-20(13-11-16)25-24(29)27(21-8-3-4-9-21)15-19-14-18-7-5-6-17(2)22(18)26-23(19)28/h5-7,10-14,21H,3-4,8-9,15H2,1-2H3,(H,25,29)(H,26,28). The highest BCUT2D eigenvalue weighted by molar-refractivity contribution is 7.80. The number of aromatic nitrogens is 1. The number of nitrogens with one attached hydrogen (secondary N) is 2. The number of hydrogen-bond donors (Lipinski definition) is 2. The van der Waals surface area contributed by atoms with Gasteiger partial charge < -0.3 is 15.2 Å². The highest BCUT2D eigenvalue weighted by atomic mass is 32.1. The number of H-pyrrole nitrogens is 1. The molecule has 0 radical (unpaired) electrons. The zero-order valence-corrected chi connectivity index (χ0v) is 17.8. The number of aromatic amines is 1. The molecule has 1 saturated carbocycles. The van der Waals surface area contributed by atoms with Crippen LogP contribution in [0.4, 0.5) is 5.69 Å². The number of hydrogen-bond acceptors (Lipinski definition) is 2. The number of anilines is 1. The van der Waals surface area contributed by atoms with Crippen LogP contribution in [0.25, 0.3) is 10.9 Å². The molecule has 4 nitrogen and oxygen atoms in total. The molecule has 1 fully saturated rings. The summed E-state index contributed by atoms with van der Waals surface area (Å²) in [5, 5.41) is 5.12. The normalized spacial score (nSPS) is 14.3. The van der Waals surface area contributed by atoms with Crippen molar-refractivity contribution in [3.8, 4) is 0 Å². The van der Waals surface area contributed by atoms with E-state index in [1.54, 1.807) is 0 Å². The second kappa shape index (κ2) is 8.37. The molecule has 2 N–H and O–H groups in total. The average Bonchev–Trinajstić information content (AvgIpc) is 3.23. The number of para-hydroxylation sites is 1. The Morgan fingerprint density at radius 1 is 1.14 bits per heavy atom. The van der Waals surface area contributed by atoms with E-state index in [-0.39, 0.29) is 5.56 Å². The van der Waals surface area contributed by atoms with E-state index < -0.39 is 0 Å². The first-order chi connectivity index (χ1) is 14.0. The number of aryl methyl sites for hydroxylation is 2. The third-order valence-electron chi connectivity index (χ3n) is 5.83. The number of benzene rings is 2. The molecule has 0 unspecified atom stereocenters. The number of rotatable bonds is 4. The van der Waals surface area contributed by atoms with E-state index in [0.717, 1.165) is 40.6 Å². The lowest BCUT2D eigenvalue weighted by Crippen LogP contribution is -2.42. The van der Waals surface area contributed by atoms with Crippen LogP contribution in [0, 0.1) is 13.8 Å².